The number of amides is 1. The molecule has 0 aliphatic carbocycles. The van der Waals surface area contributed by atoms with Gasteiger partial charge in [-0.2, -0.15) is 4.72 Å². The Balaban J connectivity index is 1.73. The number of aromatic nitrogens is 4. The lowest BCUT2D eigenvalue weighted by Crippen LogP contribution is -2.47. The van der Waals surface area contributed by atoms with E-state index in [-0.39, 0.29) is 10.8 Å². The highest BCUT2D eigenvalue weighted by atomic mass is 32.2. The van der Waals surface area contributed by atoms with Gasteiger partial charge in [0.2, 0.25) is 15.9 Å². The van der Waals surface area contributed by atoms with Crippen molar-refractivity contribution in [3.63, 3.8) is 0 Å². The predicted octanol–water partition coefficient (Wildman–Crippen LogP) is 2.18. The van der Waals surface area contributed by atoms with Crippen LogP contribution in [0.3, 0.4) is 0 Å². The van der Waals surface area contributed by atoms with E-state index in [0.717, 1.165) is 5.56 Å². The SMILES string of the molecule is Cc1ccc(S(=O)(=O)N[C@H](C(=O)Nc2cnc(-c3ncccn3)nc2)C(C)C)cc1. The lowest BCUT2D eigenvalue weighted by molar-refractivity contribution is -0.118. The smallest absolute Gasteiger partial charge is 0.242 e. The first kappa shape index (κ1) is 21.5. The van der Waals surface area contributed by atoms with E-state index in [0.29, 0.717) is 17.3 Å². The summed E-state index contributed by atoms with van der Waals surface area (Å²) < 4.78 is 27.9. The highest BCUT2D eigenvalue weighted by molar-refractivity contribution is 7.89. The third-order valence-electron chi connectivity index (χ3n) is 4.25. The Hall–Kier alpha value is -3.24. The predicted molar refractivity (Wildman–Crippen MR) is 112 cm³/mol. The number of nitrogens with one attached hydrogen (secondary N) is 2. The molecule has 0 bridgehead atoms. The minimum absolute atomic E-state index is 0.0992. The Morgan fingerprint density at radius 2 is 1.50 bits per heavy atom. The third-order valence-corrected chi connectivity index (χ3v) is 5.70. The van der Waals surface area contributed by atoms with E-state index >= 15 is 0 Å². The van der Waals surface area contributed by atoms with Crippen molar-refractivity contribution in [1.29, 1.82) is 0 Å². The van der Waals surface area contributed by atoms with E-state index in [4.69, 9.17) is 0 Å². The van der Waals surface area contributed by atoms with Crippen molar-refractivity contribution in [3.05, 3.63) is 60.7 Å². The van der Waals surface area contributed by atoms with E-state index in [9.17, 15) is 13.2 Å². The lowest BCUT2D eigenvalue weighted by atomic mass is 10.1. The molecule has 0 saturated carbocycles. The number of carbonyl (C=O) groups excluding carboxylic acids is 1. The Bertz CT molecular complexity index is 1100. The average molecular weight is 427 g/mol. The summed E-state index contributed by atoms with van der Waals surface area (Å²) >= 11 is 0. The summed E-state index contributed by atoms with van der Waals surface area (Å²) in [5.74, 6) is -0.119. The van der Waals surface area contributed by atoms with Gasteiger partial charge in [-0.15, -0.1) is 0 Å². The highest BCUT2D eigenvalue weighted by Gasteiger charge is 2.28. The van der Waals surface area contributed by atoms with Crippen molar-refractivity contribution < 1.29 is 13.2 Å². The van der Waals surface area contributed by atoms with Crippen molar-refractivity contribution in [3.8, 4) is 11.6 Å². The molecule has 2 heterocycles. The molecular formula is C20H22N6O3S. The van der Waals surface area contributed by atoms with Crippen molar-refractivity contribution in [2.75, 3.05) is 5.32 Å². The maximum absolute atomic E-state index is 12.8. The topological polar surface area (TPSA) is 127 Å². The van der Waals surface area contributed by atoms with Gasteiger partial charge in [0.05, 0.1) is 23.0 Å². The van der Waals surface area contributed by atoms with Gasteiger partial charge in [-0.05, 0) is 31.0 Å². The van der Waals surface area contributed by atoms with Gasteiger partial charge in [0.1, 0.15) is 6.04 Å². The molecule has 0 aliphatic heterocycles. The van der Waals surface area contributed by atoms with Crippen LogP contribution in [0.25, 0.3) is 11.6 Å². The van der Waals surface area contributed by atoms with E-state index < -0.39 is 22.0 Å². The van der Waals surface area contributed by atoms with E-state index in [1.165, 1.54) is 24.5 Å². The van der Waals surface area contributed by atoms with Gasteiger partial charge in [0.15, 0.2) is 11.6 Å². The summed E-state index contributed by atoms with van der Waals surface area (Å²) in [6.45, 7) is 5.38. The van der Waals surface area contributed by atoms with E-state index in [2.05, 4.69) is 30.0 Å². The number of benzene rings is 1. The van der Waals surface area contributed by atoms with E-state index in [1.54, 1.807) is 44.4 Å². The third kappa shape index (κ3) is 5.22. The second-order valence-corrected chi connectivity index (χ2v) is 8.73. The van der Waals surface area contributed by atoms with Gasteiger partial charge in [0, 0.05) is 12.4 Å². The van der Waals surface area contributed by atoms with Gasteiger partial charge in [-0.25, -0.2) is 28.4 Å². The van der Waals surface area contributed by atoms with Crippen LogP contribution in [0.5, 0.6) is 0 Å². The minimum Gasteiger partial charge on any atom is -0.322 e. The molecule has 0 radical (unpaired) electrons. The zero-order valence-electron chi connectivity index (χ0n) is 16.8. The minimum atomic E-state index is -3.86. The highest BCUT2D eigenvalue weighted by Crippen LogP contribution is 2.15. The number of aryl methyl sites for hydroxylation is 1. The Morgan fingerprint density at radius 1 is 0.933 bits per heavy atom. The summed E-state index contributed by atoms with van der Waals surface area (Å²) in [4.78, 5) is 29.3. The van der Waals surface area contributed by atoms with Crippen LogP contribution >= 0.6 is 0 Å². The number of rotatable bonds is 7. The zero-order chi connectivity index (χ0) is 21.7. The maximum atomic E-state index is 12.8. The molecule has 10 heteroatoms. The van der Waals surface area contributed by atoms with Crippen LogP contribution in [0, 0.1) is 12.8 Å². The number of sulfonamides is 1. The van der Waals surface area contributed by atoms with Crippen LogP contribution in [0.4, 0.5) is 5.69 Å². The Morgan fingerprint density at radius 3 is 2.07 bits per heavy atom. The van der Waals surface area contributed by atoms with Crippen LogP contribution in [-0.2, 0) is 14.8 Å². The van der Waals surface area contributed by atoms with Crippen LogP contribution < -0.4 is 10.0 Å². The van der Waals surface area contributed by atoms with Gasteiger partial charge in [-0.3, -0.25) is 4.79 Å². The molecule has 9 nitrogen and oxygen atoms in total. The first-order chi connectivity index (χ1) is 14.3. The van der Waals surface area contributed by atoms with Crippen LogP contribution in [0.1, 0.15) is 19.4 Å². The standard InChI is InChI=1S/C20H22N6O3S/c1-13(2)17(26-30(28,29)16-7-5-14(3)6-8-16)20(27)25-15-11-23-19(24-12-15)18-21-9-4-10-22-18/h4-13,17,26H,1-3H3,(H,25,27)/t17-/m0/s1. The second-order valence-electron chi connectivity index (χ2n) is 7.01. The molecule has 0 fully saturated rings. The Labute approximate surface area is 175 Å². The van der Waals surface area contributed by atoms with Crippen molar-refractivity contribution >= 4 is 21.6 Å². The van der Waals surface area contributed by atoms with Crippen molar-refractivity contribution in [1.82, 2.24) is 24.7 Å². The fourth-order valence-electron chi connectivity index (χ4n) is 2.59. The summed E-state index contributed by atoms with van der Waals surface area (Å²) in [5, 5.41) is 2.65. The van der Waals surface area contributed by atoms with Crippen molar-refractivity contribution in [2.24, 2.45) is 5.92 Å². The van der Waals surface area contributed by atoms with Gasteiger partial charge < -0.3 is 5.32 Å². The average Bonchev–Trinajstić information content (AvgIpc) is 2.73. The summed E-state index contributed by atoms with van der Waals surface area (Å²) in [6, 6.07) is 7.12. The number of hydrogen-bond donors (Lipinski definition) is 2. The largest absolute Gasteiger partial charge is 0.322 e. The second kappa shape index (κ2) is 9.06. The normalized spacial score (nSPS) is 12.5. The van der Waals surface area contributed by atoms with Gasteiger partial charge in [-0.1, -0.05) is 31.5 Å². The maximum Gasteiger partial charge on any atom is 0.242 e. The molecular weight excluding hydrogens is 404 g/mol. The molecule has 30 heavy (non-hydrogen) atoms. The number of anilines is 1. The van der Waals surface area contributed by atoms with Crippen molar-refractivity contribution in [2.45, 2.75) is 31.7 Å². The molecule has 1 aromatic carbocycles. The fraction of sp³-hybridized carbons (Fsp3) is 0.250. The molecule has 1 atom stereocenters. The van der Waals surface area contributed by atoms with Gasteiger partial charge >= 0.3 is 0 Å². The van der Waals surface area contributed by atoms with E-state index in [1.807, 2.05) is 6.92 Å². The molecule has 3 rings (SSSR count). The molecule has 1 amide bonds. The first-order valence-corrected chi connectivity index (χ1v) is 10.7. The van der Waals surface area contributed by atoms with Crippen LogP contribution in [0.15, 0.2) is 60.0 Å². The first-order valence-electron chi connectivity index (χ1n) is 9.25. The fourth-order valence-corrected chi connectivity index (χ4v) is 3.93. The summed E-state index contributed by atoms with van der Waals surface area (Å²) in [6.07, 6.45) is 5.99. The molecule has 0 spiro atoms. The molecule has 2 N–H and O–H groups in total. The molecule has 0 unspecified atom stereocenters. The van der Waals surface area contributed by atoms with Crippen LogP contribution in [-0.4, -0.2) is 40.3 Å². The zero-order valence-corrected chi connectivity index (χ0v) is 17.6. The quantitative estimate of drug-likeness (QED) is 0.593. The Kier molecular flexibility index (Phi) is 6.48. The monoisotopic (exact) mass is 426 g/mol. The molecule has 0 aliphatic rings. The van der Waals surface area contributed by atoms with Crippen LogP contribution in [0.2, 0.25) is 0 Å². The molecule has 3 aromatic rings. The number of hydrogen-bond acceptors (Lipinski definition) is 7. The summed E-state index contributed by atoms with van der Waals surface area (Å²) in [7, 11) is -3.86. The lowest BCUT2D eigenvalue weighted by Gasteiger charge is -2.21. The summed E-state index contributed by atoms with van der Waals surface area (Å²) in [5.41, 5.74) is 1.27. The van der Waals surface area contributed by atoms with Gasteiger partial charge in [0.25, 0.3) is 0 Å². The molecule has 2 aromatic heterocycles. The number of carbonyl (C=O) groups is 1. The molecule has 0 saturated heterocycles. The molecule has 156 valence electrons. The number of nitrogens with zero attached hydrogens (tertiary/aromatic N) is 4.